The van der Waals surface area contributed by atoms with Crippen LogP contribution in [0.4, 0.5) is 0 Å². The Morgan fingerprint density at radius 2 is 1.08 bits per heavy atom. The Bertz CT molecular complexity index is 1900. The fraction of sp³-hybridized carbons (Fsp3) is 0. The van der Waals surface area contributed by atoms with Crippen molar-refractivity contribution in [2.24, 2.45) is 0 Å². The first kappa shape index (κ1) is 21.8. The van der Waals surface area contributed by atoms with Gasteiger partial charge in [-0.1, -0.05) is 121 Å². The van der Waals surface area contributed by atoms with Gasteiger partial charge in [-0.2, -0.15) is 0 Å². The number of nitrogens with zero attached hydrogens (tertiary/aromatic N) is 1. The van der Waals surface area contributed by atoms with Crippen molar-refractivity contribution in [3.8, 4) is 11.3 Å². The zero-order valence-corrected chi connectivity index (χ0v) is 20.8. The van der Waals surface area contributed by atoms with Gasteiger partial charge in [0.2, 0.25) is 0 Å². The molecule has 0 aliphatic rings. The number of benzene rings is 5. The fourth-order valence-corrected chi connectivity index (χ4v) is 7.83. The van der Waals surface area contributed by atoms with Crippen molar-refractivity contribution in [3.63, 3.8) is 0 Å². The molecule has 3 nitrogen and oxygen atoms in total. The van der Waals surface area contributed by atoms with Crippen LogP contribution in [0.25, 0.3) is 44.1 Å². The SMILES string of the molecule is O=P(c1ccccc1)(c1ccccc1)c1ccc(-c2nc3ccccc3c3c2oc2ccccc23)cc1. The van der Waals surface area contributed by atoms with Crippen LogP contribution in [0.2, 0.25) is 0 Å². The molecule has 0 amide bonds. The first-order chi connectivity index (χ1) is 18.2. The van der Waals surface area contributed by atoms with E-state index in [2.05, 4.69) is 12.1 Å². The average molecular weight is 496 g/mol. The summed E-state index contributed by atoms with van der Waals surface area (Å²) >= 11 is 0. The quantitative estimate of drug-likeness (QED) is 0.238. The van der Waals surface area contributed by atoms with Crippen LogP contribution in [0.3, 0.4) is 0 Å². The summed E-state index contributed by atoms with van der Waals surface area (Å²) in [5, 5.41) is 5.64. The summed E-state index contributed by atoms with van der Waals surface area (Å²) in [7, 11) is -3.04. The smallest absolute Gasteiger partial charge is 0.171 e. The van der Waals surface area contributed by atoms with Gasteiger partial charge in [-0.3, -0.25) is 0 Å². The molecular formula is C33H22NO2P. The first-order valence-electron chi connectivity index (χ1n) is 12.3. The average Bonchev–Trinajstić information content (AvgIpc) is 3.37. The van der Waals surface area contributed by atoms with E-state index in [1.165, 1.54) is 0 Å². The molecule has 0 N–H and O–H groups in total. The minimum absolute atomic E-state index is 0.766. The minimum atomic E-state index is -3.04. The van der Waals surface area contributed by atoms with E-state index < -0.39 is 7.14 Å². The van der Waals surface area contributed by atoms with Gasteiger partial charge in [-0.15, -0.1) is 0 Å². The molecule has 7 rings (SSSR count). The third-order valence-electron chi connectivity index (χ3n) is 6.96. The van der Waals surface area contributed by atoms with Crippen molar-refractivity contribution >= 4 is 55.9 Å². The van der Waals surface area contributed by atoms with E-state index in [1.54, 1.807) is 0 Å². The fourth-order valence-electron chi connectivity index (χ4n) is 5.18. The predicted molar refractivity (Wildman–Crippen MR) is 154 cm³/mol. The zero-order valence-electron chi connectivity index (χ0n) is 19.9. The molecule has 0 aliphatic heterocycles. The molecule has 0 fully saturated rings. The van der Waals surface area contributed by atoms with Crippen LogP contribution >= 0.6 is 7.14 Å². The van der Waals surface area contributed by atoms with Gasteiger partial charge in [0.1, 0.15) is 11.3 Å². The summed E-state index contributed by atoms with van der Waals surface area (Å²) < 4.78 is 21.1. The molecule has 0 atom stereocenters. The number of para-hydroxylation sites is 2. The molecule has 176 valence electrons. The maximum absolute atomic E-state index is 14.7. The standard InChI is InChI=1S/C33H22NO2P/c35-37(24-11-3-1-4-12-24,25-13-5-2-6-14-25)26-21-19-23(20-22-26)32-33-31(27-15-7-9-17-29(27)34-32)28-16-8-10-18-30(28)36-33/h1-22H. The lowest BCUT2D eigenvalue weighted by Gasteiger charge is -2.20. The van der Waals surface area contributed by atoms with Crippen LogP contribution in [-0.2, 0) is 4.57 Å². The van der Waals surface area contributed by atoms with E-state index in [0.29, 0.717) is 0 Å². The van der Waals surface area contributed by atoms with Crippen LogP contribution < -0.4 is 15.9 Å². The van der Waals surface area contributed by atoms with Gasteiger partial charge in [0, 0.05) is 37.6 Å². The van der Waals surface area contributed by atoms with Crippen molar-refractivity contribution in [3.05, 3.63) is 133 Å². The Balaban J connectivity index is 1.44. The van der Waals surface area contributed by atoms with Gasteiger partial charge < -0.3 is 8.98 Å². The highest BCUT2D eigenvalue weighted by Gasteiger charge is 2.29. The van der Waals surface area contributed by atoms with E-state index >= 15 is 0 Å². The zero-order chi connectivity index (χ0) is 24.8. The number of rotatable bonds is 4. The molecule has 0 unspecified atom stereocenters. The molecule has 4 heteroatoms. The predicted octanol–water partition coefficient (Wildman–Crippen LogP) is 7.44. The van der Waals surface area contributed by atoms with E-state index in [-0.39, 0.29) is 0 Å². The largest absolute Gasteiger partial charge is 0.454 e. The Morgan fingerprint density at radius 1 is 0.541 bits per heavy atom. The molecule has 2 aromatic heterocycles. The summed E-state index contributed by atoms with van der Waals surface area (Å²) in [5.41, 5.74) is 4.23. The van der Waals surface area contributed by atoms with Crippen LogP contribution in [0, 0.1) is 0 Å². The highest BCUT2D eigenvalue weighted by atomic mass is 31.2. The van der Waals surface area contributed by atoms with Gasteiger partial charge in [0.25, 0.3) is 0 Å². The molecule has 7 aromatic rings. The Labute approximate surface area is 214 Å². The van der Waals surface area contributed by atoms with Gasteiger partial charge in [-0.25, -0.2) is 4.98 Å². The monoisotopic (exact) mass is 495 g/mol. The van der Waals surface area contributed by atoms with Crippen LogP contribution in [0.5, 0.6) is 0 Å². The normalized spacial score (nSPS) is 11.9. The third-order valence-corrected chi connectivity index (χ3v) is 10.0. The topological polar surface area (TPSA) is 43.1 Å². The van der Waals surface area contributed by atoms with Crippen molar-refractivity contribution in [1.82, 2.24) is 4.98 Å². The second-order valence-electron chi connectivity index (χ2n) is 9.11. The number of hydrogen-bond acceptors (Lipinski definition) is 3. The van der Waals surface area contributed by atoms with Crippen LogP contribution in [0.15, 0.2) is 138 Å². The summed E-state index contributed by atoms with van der Waals surface area (Å²) in [6, 6.07) is 43.7. The number of hydrogen-bond donors (Lipinski definition) is 0. The van der Waals surface area contributed by atoms with Crippen molar-refractivity contribution in [2.75, 3.05) is 0 Å². The van der Waals surface area contributed by atoms with Crippen molar-refractivity contribution in [2.45, 2.75) is 0 Å². The Kier molecular flexibility index (Phi) is 5.06. The van der Waals surface area contributed by atoms with Crippen molar-refractivity contribution in [1.29, 1.82) is 0 Å². The summed E-state index contributed by atoms with van der Waals surface area (Å²) in [5.74, 6) is 0. The van der Waals surface area contributed by atoms with Crippen LogP contribution in [0.1, 0.15) is 0 Å². The van der Waals surface area contributed by atoms with Gasteiger partial charge >= 0.3 is 0 Å². The molecular weight excluding hydrogens is 473 g/mol. The summed E-state index contributed by atoms with van der Waals surface area (Å²) in [4.78, 5) is 5.01. The maximum Gasteiger partial charge on any atom is 0.171 e. The Hall–Kier alpha value is -4.46. The number of fused-ring (bicyclic) bond motifs is 5. The molecule has 37 heavy (non-hydrogen) atoms. The lowest BCUT2D eigenvalue weighted by Crippen LogP contribution is -2.24. The second-order valence-corrected chi connectivity index (χ2v) is 11.9. The van der Waals surface area contributed by atoms with Gasteiger partial charge in [-0.05, 0) is 12.1 Å². The Morgan fingerprint density at radius 3 is 1.76 bits per heavy atom. The molecule has 0 aliphatic carbocycles. The van der Waals surface area contributed by atoms with Crippen molar-refractivity contribution < 1.29 is 8.98 Å². The van der Waals surface area contributed by atoms with E-state index in [0.717, 1.165) is 60.0 Å². The highest BCUT2D eigenvalue weighted by Crippen LogP contribution is 2.43. The molecule has 5 aromatic carbocycles. The first-order valence-corrected chi connectivity index (χ1v) is 14.0. The number of aromatic nitrogens is 1. The van der Waals surface area contributed by atoms with E-state index in [1.807, 2.05) is 121 Å². The lowest BCUT2D eigenvalue weighted by molar-refractivity contribution is 0.592. The molecule has 0 saturated carbocycles. The maximum atomic E-state index is 14.7. The number of furan rings is 1. The van der Waals surface area contributed by atoms with Crippen LogP contribution in [-0.4, -0.2) is 4.98 Å². The lowest BCUT2D eigenvalue weighted by atomic mass is 10.0. The minimum Gasteiger partial charge on any atom is -0.454 e. The van der Waals surface area contributed by atoms with Gasteiger partial charge in [0.05, 0.1) is 5.52 Å². The third kappa shape index (κ3) is 3.43. The molecule has 0 saturated heterocycles. The molecule has 0 bridgehead atoms. The highest BCUT2D eigenvalue weighted by molar-refractivity contribution is 7.85. The molecule has 0 radical (unpaired) electrons. The molecule has 0 spiro atoms. The number of pyridine rings is 1. The van der Waals surface area contributed by atoms with Gasteiger partial charge in [0.15, 0.2) is 12.7 Å². The second kappa shape index (κ2) is 8.58. The van der Waals surface area contributed by atoms with E-state index in [4.69, 9.17) is 9.40 Å². The van der Waals surface area contributed by atoms with E-state index in [9.17, 15) is 4.57 Å². The summed E-state index contributed by atoms with van der Waals surface area (Å²) in [6.07, 6.45) is 0. The molecule has 2 heterocycles. The summed E-state index contributed by atoms with van der Waals surface area (Å²) in [6.45, 7) is 0.